The molecule has 0 aromatic heterocycles. The molecule has 0 amide bonds. The maximum atomic E-state index is 10.9. The molecule has 0 fully saturated rings. The topological polar surface area (TPSA) is 52.3 Å². The number of nitrogen functional groups attached to an aromatic ring is 1. The van der Waals surface area contributed by atoms with Crippen molar-refractivity contribution >= 4 is 11.7 Å². The largest absolute Gasteiger partial charge is 0.469 e. The van der Waals surface area contributed by atoms with Crippen molar-refractivity contribution in [3.8, 4) is 0 Å². The van der Waals surface area contributed by atoms with Crippen LogP contribution in [0.3, 0.4) is 0 Å². The molecule has 0 spiro atoms. The van der Waals surface area contributed by atoms with E-state index in [0.717, 1.165) is 16.8 Å². The highest BCUT2D eigenvalue weighted by molar-refractivity contribution is 5.70. The van der Waals surface area contributed by atoms with Gasteiger partial charge >= 0.3 is 5.97 Å². The van der Waals surface area contributed by atoms with Crippen molar-refractivity contribution in [3.63, 3.8) is 0 Å². The Balaban J connectivity index is 2.63. The number of anilines is 1. The van der Waals surface area contributed by atoms with Crippen LogP contribution in [0.5, 0.6) is 0 Å². The Kier molecular flexibility index (Phi) is 3.51. The molecular weight excluding hydrogens is 178 g/mol. The minimum Gasteiger partial charge on any atom is -0.469 e. The first-order valence-electron chi connectivity index (χ1n) is 4.55. The smallest absolute Gasteiger partial charge is 0.305 e. The summed E-state index contributed by atoms with van der Waals surface area (Å²) >= 11 is 0. The number of hydrogen-bond acceptors (Lipinski definition) is 3. The summed E-state index contributed by atoms with van der Waals surface area (Å²) in [6, 6.07) is 5.85. The first-order valence-corrected chi connectivity index (χ1v) is 4.55. The fraction of sp³-hybridized carbons (Fsp3) is 0.364. The number of nitrogens with two attached hydrogens (primary N) is 1. The van der Waals surface area contributed by atoms with E-state index < -0.39 is 0 Å². The molecule has 1 aromatic carbocycles. The summed E-state index contributed by atoms with van der Waals surface area (Å²) in [5.41, 5.74) is 8.67. The van der Waals surface area contributed by atoms with E-state index in [9.17, 15) is 4.79 Å². The van der Waals surface area contributed by atoms with Gasteiger partial charge in [0.2, 0.25) is 0 Å². The van der Waals surface area contributed by atoms with Crippen LogP contribution in [0.2, 0.25) is 0 Å². The van der Waals surface area contributed by atoms with E-state index in [1.54, 1.807) is 0 Å². The molecule has 2 N–H and O–H groups in total. The van der Waals surface area contributed by atoms with Crippen LogP contribution in [0.1, 0.15) is 17.5 Å². The lowest BCUT2D eigenvalue weighted by molar-refractivity contribution is -0.140. The number of hydrogen-bond donors (Lipinski definition) is 1. The molecule has 0 saturated carbocycles. The number of carbonyl (C=O) groups excluding carboxylic acids is 1. The highest BCUT2D eigenvalue weighted by Crippen LogP contribution is 2.15. The Labute approximate surface area is 83.9 Å². The third-order valence-corrected chi connectivity index (χ3v) is 2.13. The van der Waals surface area contributed by atoms with Crippen molar-refractivity contribution in [1.82, 2.24) is 0 Å². The second kappa shape index (κ2) is 4.65. The summed E-state index contributed by atoms with van der Waals surface area (Å²) in [7, 11) is 1.39. The second-order valence-electron chi connectivity index (χ2n) is 3.28. The van der Waals surface area contributed by atoms with Gasteiger partial charge in [0.1, 0.15) is 0 Å². The molecule has 1 aromatic rings. The van der Waals surface area contributed by atoms with Gasteiger partial charge in [0, 0.05) is 12.1 Å². The molecule has 76 valence electrons. The standard InChI is InChI=1S/C11H15NO2/c1-8-3-4-9(10(12)7-8)5-6-11(13)14-2/h3-4,7H,5-6,12H2,1-2H3. The minimum absolute atomic E-state index is 0.204. The van der Waals surface area contributed by atoms with Gasteiger partial charge < -0.3 is 10.5 Å². The second-order valence-corrected chi connectivity index (χ2v) is 3.28. The average Bonchev–Trinajstić information content (AvgIpc) is 2.16. The SMILES string of the molecule is COC(=O)CCc1ccc(C)cc1N. The number of methoxy groups -OCH3 is 1. The first-order chi connectivity index (χ1) is 6.63. The normalized spacial score (nSPS) is 9.86. The van der Waals surface area contributed by atoms with Crippen molar-refractivity contribution in [2.45, 2.75) is 19.8 Å². The lowest BCUT2D eigenvalue weighted by Gasteiger charge is -2.05. The van der Waals surface area contributed by atoms with Crippen molar-refractivity contribution in [2.75, 3.05) is 12.8 Å². The van der Waals surface area contributed by atoms with Gasteiger partial charge in [0.25, 0.3) is 0 Å². The quantitative estimate of drug-likeness (QED) is 0.587. The molecule has 3 nitrogen and oxygen atoms in total. The number of aryl methyl sites for hydroxylation is 2. The molecule has 0 heterocycles. The molecule has 0 saturated heterocycles. The first kappa shape index (κ1) is 10.6. The number of esters is 1. The fourth-order valence-corrected chi connectivity index (χ4v) is 1.28. The van der Waals surface area contributed by atoms with Gasteiger partial charge in [-0.15, -0.1) is 0 Å². The third kappa shape index (κ3) is 2.76. The van der Waals surface area contributed by atoms with E-state index in [1.165, 1.54) is 7.11 Å². The van der Waals surface area contributed by atoms with Crippen LogP contribution in [0.4, 0.5) is 5.69 Å². The summed E-state index contributed by atoms with van der Waals surface area (Å²) in [5.74, 6) is -0.204. The maximum absolute atomic E-state index is 10.9. The van der Waals surface area contributed by atoms with E-state index in [1.807, 2.05) is 25.1 Å². The van der Waals surface area contributed by atoms with E-state index in [0.29, 0.717) is 12.8 Å². The van der Waals surface area contributed by atoms with Crippen LogP contribution < -0.4 is 5.73 Å². The summed E-state index contributed by atoms with van der Waals surface area (Å²) in [4.78, 5) is 10.9. The van der Waals surface area contributed by atoms with E-state index in [2.05, 4.69) is 4.74 Å². The highest BCUT2D eigenvalue weighted by Gasteiger charge is 2.03. The Morgan fingerprint density at radius 1 is 1.50 bits per heavy atom. The molecule has 0 radical (unpaired) electrons. The third-order valence-electron chi connectivity index (χ3n) is 2.13. The van der Waals surface area contributed by atoms with Crippen LogP contribution >= 0.6 is 0 Å². The van der Waals surface area contributed by atoms with Gasteiger partial charge in [0.15, 0.2) is 0 Å². The Hall–Kier alpha value is -1.51. The van der Waals surface area contributed by atoms with Crippen LogP contribution in [0.25, 0.3) is 0 Å². The zero-order valence-electron chi connectivity index (χ0n) is 8.54. The van der Waals surface area contributed by atoms with Crippen LogP contribution in [-0.4, -0.2) is 13.1 Å². The van der Waals surface area contributed by atoms with Gasteiger partial charge in [-0.05, 0) is 30.5 Å². The summed E-state index contributed by atoms with van der Waals surface area (Å²) in [5, 5.41) is 0. The Morgan fingerprint density at radius 2 is 2.21 bits per heavy atom. The van der Waals surface area contributed by atoms with Gasteiger partial charge in [0.05, 0.1) is 7.11 Å². The van der Waals surface area contributed by atoms with Gasteiger partial charge in [-0.2, -0.15) is 0 Å². The monoisotopic (exact) mass is 193 g/mol. The summed E-state index contributed by atoms with van der Waals surface area (Å²) < 4.78 is 4.56. The Morgan fingerprint density at radius 3 is 2.79 bits per heavy atom. The average molecular weight is 193 g/mol. The molecule has 1 rings (SSSR count). The van der Waals surface area contributed by atoms with Gasteiger partial charge in [-0.3, -0.25) is 4.79 Å². The minimum atomic E-state index is -0.204. The number of carbonyl (C=O) groups is 1. The predicted octanol–water partition coefficient (Wildman–Crippen LogP) is 1.68. The maximum Gasteiger partial charge on any atom is 0.305 e. The zero-order chi connectivity index (χ0) is 10.6. The van der Waals surface area contributed by atoms with Crippen LogP contribution in [0, 0.1) is 6.92 Å². The highest BCUT2D eigenvalue weighted by atomic mass is 16.5. The molecular formula is C11H15NO2. The van der Waals surface area contributed by atoms with Gasteiger partial charge in [-0.25, -0.2) is 0 Å². The van der Waals surface area contributed by atoms with E-state index >= 15 is 0 Å². The lowest BCUT2D eigenvalue weighted by atomic mass is 10.1. The fourth-order valence-electron chi connectivity index (χ4n) is 1.28. The summed E-state index contributed by atoms with van der Waals surface area (Å²) in [6.45, 7) is 1.99. The van der Waals surface area contributed by atoms with Gasteiger partial charge in [-0.1, -0.05) is 12.1 Å². The van der Waals surface area contributed by atoms with Crippen molar-refractivity contribution in [3.05, 3.63) is 29.3 Å². The number of ether oxygens (including phenoxy) is 1. The van der Waals surface area contributed by atoms with Crippen molar-refractivity contribution < 1.29 is 9.53 Å². The van der Waals surface area contributed by atoms with E-state index in [4.69, 9.17) is 5.73 Å². The molecule has 3 heteroatoms. The summed E-state index contributed by atoms with van der Waals surface area (Å²) in [6.07, 6.45) is 1.02. The van der Waals surface area contributed by atoms with Crippen LogP contribution in [-0.2, 0) is 16.0 Å². The predicted molar refractivity (Wildman–Crippen MR) is 55.9 cm³/mol. The Bertz CT molecular complexity index is 334. The van der Waals surface area contributed by atoms with E-state index in [-0.39, 0.29) is 5.97 Å². The molecule has 0 unspecified atom stereocenters. The number of rotatable bonds is 3. The zero-order valence-corrected chi connectivity index (χ0v) is 8.54. The molecule has 0 atom stereocenters. The van der Waals surface area contributed by atoms with Crippen LogP contribution in [0.15, 0.2) is 18.2 Å². The number of benzene rings is 1. The molecule has 14 heavy (non-hydrogen) atoms. The molecule has 0 aliphatic rings. The van der Waals surface area contributed by atoms with Crippen molar-refractivity contribution in [1.29, 1.82) is 0 Å². The molecule has 0 aliphatic carbocycles. The molecule has 0 aliphatic heterocycles. The van der Waals surface area contributed by atoms with Crippen molar-refractivity contribution in [2.24, 2.45) is 0 Å². The molecule has 0 bridgehead atoms. The lowest BCUT2D eigenvalue weighted by Crippen LogP contribution is -2.03.